The van der Waals surface area contributed by atoms with Crippen LogP contribution in [-0.2, 0) is 14.3 Å². The number of nitrogens with one attached hydrogen (secondary N) is 1. The van der Waals surface area contributed by atoms with E-state index in [4.69, 9.17) is 14.6 Å². The van der Waals surface area contributed by atoms with Gasteiger partial charge in [0.25, 0.3) is 0 Å². The van der Waals surface area contributed by atoms with Crippen LogP contribution >= 0.6 is 15.9 Å². The molecular weight excluding hydrogens is 339 g/mol. The highest BCUT2D eigenvalue weighted by Gasteiger charge is 2.48. The zero-order valence-corrected chi connectivity index (χ0v) is 12.4. The number of nitrogens with zero attached hydrogens (tertiary/aromatic N) is 1. The summed E-state index contributed by atoms with van der Waals surface area (Å²) in [5, 5.41) is 11.2. The number of alkyl halides is 2. The fourth-order valence-corrected chi connectivity index (χ4v) is 2.80. The minimum absolute atomic E-state index is 0.0733. The molecule has 0 radical (unpaired) electrons. The molecule has 2 fully saturated rings. The second-order valence-electron chi connectivity index (χ2n) is 4.51. The molecule has 0 aromatic carbocycles. The van der Waals surface area contributed by atoms with Crippen molar-refractivity contribution in [2.45, 2.75) is 42.9 Å². The van der Waals surface area contributed by atoms with E-state index in [0.29, 0.717) is 0 Å². The molecule has 2 N–H and O–H groups in total. The van der Waals surface area contributed by atoms with Crippen molar-refractivity contribution in [2.24, 2.45) is 0 Å². The van der Waals surface area contributed by atoms with Gasteiger partial charge < -0.3 is 14.6 Å². The van der Waals surface area contributed by atoms with Crippen LogP contribution in [0.3, 0.4) is 0 Å². The van der Waals surface area contributed by atoms with E-state index < -0.39 is 48.1 Å². The van der Waals surface area contributed by atoms with Crippen molar-refractivity contribution in [3.05, 3.63) is 0 Å². The molecule has 2 aliphatic rings. The van der Waals surface area contributed by atoms with E-state index in [1.807, 2.05) is 0 Å². The Morgan fingerprint density at radius 3 is 2.85 bits per heavy atom. The van der Waals surface area contributed by atoms with Gasteiger partial charge in [0.05, 0.1) is 6.61 Å². The van der Waals surface area contributed by atoms with Crippen LogP contribution in [-0.4, -0.2) is 64.7 Å². The van der Waals surface area contributed by atoms with E-state index in [-0.39, 0.29) is 13.0 Å². The lowest BCUT2D eigenvalue weighted by atomic mass is 10.2. The van der Waals surface area contributed by atoms with E-state index >= 15 is 0 Å². The van der Waals surface area contributed by atoms with Crippen molar-refractivity contribution in [1.82, 2.24) is 10.2 Å². The summed E-state index contributed by atoms with van der Waals surface area (Å²) in [7, 11) is 0. The van der Waals surface area contributed by atoms with Gasteiger partial charge in [-0.25, -0.2) is 9.18 Å². The Balaban J connectivity index is 2.18. The third kappa shape index (κ3) is 2.80. The molecular formula is C11H16BrFN2O5. The van der Waals surface area contributed by atoms with E-state index in [2.05, 4.69) is 21.2 Å². The standard InChI is InChI=1S/C11H16BrFN2O5/c1-2-19-10-8(12)9(17)14-11(18)15(10)7-3-5(13)6(4-16)20-7/h5-8,10,16H,2-4H2,1H3,(H,14,17,18)/t5?,6-,7-,8?,10?/m1/s1. The second kappa shape index (κ2) is 6.33. The number of rotatable bonds is 4. The maximum absolute atomic E-state index is 13.6. The van der Waals surface area contributed by atoms with E-state index in [1.54, 1.807) is 6.92 Å². The first-order valence-electron chi connectivity index (χ1n) is 6.28. The molecule has 0 saturated carbocycles. The second-order valence-corrected chi connectivity index (χ2v) is 5.50. The fourth-order valence-electron chi connectivity index (χ4n) is 2.28. The lowest BCUT2D eigenvalue weighted by molar-refractivity contribution is -0.148. The Bertz CT molecular complexity index is 399. The highest BCUT2D eigenvalue weighted by Crippen LogP contribution is 2.30. The highest BCUT2D eigenvalue weighted by molar-refractivity contribution is 9.10. The molecule has 0 spiro atoms. The average molecular weight is 355 g/mol. The highest BCUT2D eigenvalue weighted by atomic mass is 79.9. The SMILES string of the molecule is CCOC1C(Br)C(=O)NC(=O)N1[C@H]1CC(F)[C@@H](CO)O1. The maximum Gasteiger partial charge on any atom is 0.328 e. The number of hydrogen-bond acceptors (Lipinski definition) is 5. The summed E-state index contributed by atoms with van der Waals surface area (Å²) < 4.78 is 24.4. The fraction of sp³-hybridized carbons (Fsp3) is 0.818. The molecule has 114 valence electrons. The smallest absolute Gasteiger partial charge is 0.328 e. The molecule has 2 saturated heterocycles. The molecule has 5 atom stereocenters. The van der Waals surface area contributed by atoms with Gasteiger partial charge in [-0.2, -0.15) is 0 Å². The molecule has 2 rings (SSSR count). The number of imide groups is 1. The van der Waals surface area contributed by atoms with Crippen LogP contribution in [0.25, 0.3) is 0 Å². The number of halogens is 2. The van der Waals surface area contributed by atoms with Crippen LogP contribution in [0.1, 0.15) is 13.3 Å². The molecule has 2 aliphatic heterocycles. The molecule has 9 heteroatoms. The number of carbonyl (C=O) groups excluding carboxylic acids is 2. The molecule has 7 nitrogen and oxygen atoms in total. The van der Waals surface area contributed by atoms with Gasteiger partial charge in [0.15, 0.2) is 6.23 Å². The molecule has 0 aromatic rings. The summed E-state index contributed by atoms with van der Waals surface area (Å²) in [6, 6.07) is -0.695. The third-order valence-corrected chi connectivity index (χ3v) is 4.10. The summed E-state index contributed by atoms with van der Waals surface area (Å²) >= 11 is 3.15. The van der Waals surface area contributed by atoms with Crippen LogP contribution in [0, 0.1) is 0 Å². The minimum atomic E-state index is -1.37. The summed E-state index contributed by atoms with van der Waals surface area (Å²) in [6.45, 7) is 1.53. The number of ether oxygens (including phenoxy) is 2. The van der Waals surface area contributed by atoms with Gasteiger partial charge in [-0.15, -0.1) is 0 Å². The first-order chi connectivity index (χ1) is 9.49. The van der Waals surface area contributed by atoms with Gasteiger partial charge in [0.1, 0.15) is 23.3 Å². The lowest BCUT2D eigenvalue weighted by Crippen LogP contribution is -2.64. The van der Waals surface area contributed by atoms with Crippen LogP contribution < -0.4 is 5.32 Å². The predicted octanol–water partition coefficient (Wildman–Crippen LogP) is 0.110. The van der Waals surface area contributed by atoms with Gasteiger partial charge in [-0.3, -0.25) is 15.0 Å². The number of carbonyl (C=O) groups is 2. The summed E-state index contributed by atoms with van der Waals surface area (Å²) in [4.78, 5) is 23.9. The van der Waals surface area contributed by atoms with Crippen molar-refractivity contribution in [3.63, 3.8) is 0 Å². The van der Waals surface area contributed by atoms with Gasteiger partial charge in [0.2, 0.25) is 5.91 Å². The molecule has 0 aliphatic carbocycles. The van der Waals surface area contributed by atoms with Crippen molar-refractivity contribution in [3.8, 4) is 0 Å². The molecule has 20 heavy (non-hydrogen) atoms. The van der Waals surface area contributed by atoms with E-state index in [1.165, 1.54) is 0 Å². The van der Waals surface area contributed by atoms with Gasteiger partial charge in [0, 0.05) is 13.0 Å². The van der Waals surface area contributed by atoms with Crippen LogP contribution in [0.15, 0.2) is 0 Å². The Hall–Kier alpha value is -0.770. The van der Waals surface area contributed by atoms with Crippen LogP contribution in [0.2, 0.25) is 0 Å². The maximum atomic E-state index is 13.6. The topological polar surface area (TPSA) is 88.1 Å². The molecule has 0 bridgehead atoms. The van der Waals surface area contributed by atoms with E-state index in [9.17, 15) is 14.0 Å². The molecule has 2 heterocycles. The monoisotopic (exact) mass is 354 g/mol. The Labute approximate surface area is 123 Å². The number of urea groups is 1. The zero-order valence-electron chi connectivity index (χ0n) is 10.8. The van der Waals surface area contributed by atoms with Gasteiger partial charge in [-0.05, 0) is 6.92 Å². The summed E-state index contributed by atoms with van der Waals surface area (Å²) in [5.74, 6) is -0.516. The quantitative estimate of drug-likeness (QED) is 0.699. The lowest BCUT2D eigenvalue weighted by Gasteiger charge is -2.40. The van der Waals surface area contributed by atoms with Gasteiger partial charge >= 0.3 is 6.03 Å². The predicted molar refractivity (Wildman–Crippen MR) is 68.8 cm³/mol. The van der Waals surface area contributed by atoms with Crippen molar-refractivity contribution < 1.29 is 28.6 Å². The molecule has 3 unspecified atom stereocenters. The number of aliphatic hydroxyl groups is 1. The van der Waals surface area contributed by atoms with E-state index in [0.717, 1.165) is 4.90 Å². The minimum Gasteiger partial charge on any atom is -0.394 e. The molecule has 0 aromatic heterocycles. The first kappa shape index (κ1) is 15.6. The Kier molecular flexibility index (Phi) is 4.95. The Morgan fingerprint density at radius 2 is 2.30 bits per heavy atom. The summed E-state index contributed by atoms with van der Waals surface area (Å²) in [5.41, 5.74) is 0. The average Bonchev–Trinajstić information content (AvgIpc) is 2.76. The zero-order chi connectivity index (χ0) is 14.9. The van der Waals surface area contributed by atoms with Crippen LogP contribution in [0.4, 0.5) is 9.18 Å². The number of hydrogen-bond donors (Lipinski definition) is 2. The third-order valence-electron chi connectivity index (χ3n) is 3.23. The molecule has 3 amide bonds. The van der Waals surface area contributed by atoms with Gasteiger partial charge in [-0.1, -0.05) is 15.9 Å². The Morgan fingerprint density at radius 1 is 1.60 bits per heavy atom. The van der Waals surface area contributed by atoms with Crippen molar-refractivity contribution in [1.29, 1.82) is 0 Å². The van der Waals surface area contributed by atoms with Crippen LogP contribution in [0.5, 0.6) is 0 Å². The van der Waals surface area contributed by atoms with Crippen molar-refractivity contribution in [2.75, 3.05) is 13.2 Å². The van der Waals surface area contributed by atoms with Crippen molar-refractivity contribution >= 4 is 27.9 Å². The summed E-state index contributed by atoms with van der Waals surface area (Å²) in [6.07, 6.45) is -4.17. The largest absolute Gasteiger partial charge is 0.394 e. The number of amides is 3. The number of aliphatic hydroxyl groups excluding tert-OH is 1. The first-order valence-corrected chi connectivity index (χ1v) is 7.20. The normalized spacial score (nSPS) is 38.2.